The minimum absolute atomic E-state index is 0.0287. The molecule has 0 spiro atoms. The number of halogens is 3. The third kappa shape index (κ3) is 5.13. The highest BCUT2D eigenvalue weighted by atomic mass is 35.5. The van der Waals surface area contributed by atoms with Crippen LogP contribution in [0.5, 0.6) is 0 Å². The third-order valence-electron chi connectivity index (χ3n) is 3.81. The maximum absolute atomic E-state index is 13.0. The van der Waals surface area contributed by atoms with Crippen LogP contribution in [-0.4, -0.2) is 15.3 Å². The summed E-state index contributed by atoms with van der Waals surface area (Å²) in [6, 6.07) is 14.2. The van der Waals surface area contributed by atoms with Crippen LogP contribution in [0.25, 0.3) is 6.08 Å². The van der Waals surface area contributed by atoms with Gasteiger partial charge >= 0.3 is 0 Å². The molecule has 2 nitrogen and oxygen atoms in total. The van der Waals surface area contributed by atoms with E-state index in [9.17, 15) is 4.39 Å². The van der Waals surface area contributed by atoms with Crippen molar-refractivity contribution in [2.75, 3.05) is 5.75 Å². The third-order valence-corrected chi connectivity index (χ3v) is 5.96. The number of imidazole rings is 1. The van der Waals surface area contributed by atoms with Crippen molar-refractivity contribution >= 4 is 41.0 Å². The first-order valence-corrected chi connectivity index (χ1v) is 9.90. The van der Waals surface area contributed by atoms with Crippen molar-refractivity contribution in [3.05, 3.63) is 95.3 Å². The standard InChI is InChI=1S/C20H17Cl2FN2S/c21-17-7-5-16(6-8-17)19(20(22)25-12-11-24-14-25)26-13-1-2-15-3-9-18(23)10-4-15/h1-12,14,19-20H,13H2. The molecule has 0 N–H and O–H groups in total. The fraction of sp³-hybridized carbons (Fsp3) is 0.150. The van der Waals surface area contributed by atoms with Crippen molar-refractivity contribution in [2.45, 2.75) is 10.8 Å². The van der Waals surface area contributed by atoms with Gasteiger partial charge in [0, 0.05) is 23.2 Å². The SMILES string of the molecule is Fc1ccc(C=CCSC(c2ccc(Cl)cc2)C(Cl)n2ccnc2)cc1. The van der Waals surface area contributed by atoms with Crippen LogP contribution >= 0.6 is 35.0 Å². The average Bonchev–Trinajstić information content (AvgIpc) is 3.19. The van der Waals surface area contributed by atoms with Gasteiger partial charge in [0.25, 0.3) is 0 Å². The van der Waals surface area contributed by atoms with Gasteiger partial charge in [0.1, 0.15) is 11.3 Å². The highest BCUT2D eigenvalue weighted by molar-refractivity contribution is 7.99. The molecule has 0 aliphatic heterocycles. The number of rotatable bonds is 7. The lowest BCUT2D eigenvalue weighted by molar-refractivity contribution is 0.628. The molecule has 3 rings (SSSR count). The normalized spacial score (nSPS) is 13.8. The molecule has 134 valence electrons. The Labute approximate surface area is 166 Å². The number of thioether (sulfide) groups is 1. The van der Waals surface area contributed by atoms with Crippen LogP contribution in [0.3, 0.4) is 0 Å². The number of hydrogen-bond acceptors (Lipinski definition) is 2. The van der Waals surface area contributed by atoms with Crippen molar-refractivity contribution in [1.29, 1.82) is 0 Å². The van der Waals surface area contributed by atoms with Crippen LogP contribution in [0.15, 0.2) is 73.3 Å². The first kappa shape index (κ1) is 19.0. The summed E-state index contributed by atoms with van der Waals surface area (Å²) in [6.07, 6.45) is 9.32. The highest BCUT2D eigenvalue weighted by Gasteiger charge is 2.22. The zero-order valence-corrected chi connectivity index (χ0v) is 16.1. The maximum Gasteiger partial charge on any atom is 0.125 e. The molecule has 0 saturated heterocycles. The largest absolute Gasteiger partial charge is 0.319 e. The molecule has 0 radical (unpaired) electrons. The molecule has 0 aliphatic rings. The first-order chi connectivity index (χ1) is 12.6. The lowest BCUT2D eigenvalue weighted by Crippen LogP contribution is -2.09. The fourth-order valence-electron chi connectivity index (χ4n) is 2.48. The molecule has 2 aromatic carbocycles. The zero-order valence-electron chi connectivity index (χ0n) is 13.8. The summed E-state index contributed by atoms with van der Waals surface area (Å²) >= 11 is 14.4. The van der Waals surface area contributed by atoms with Gasteiger partial charge in [-0.25, -0.2) is 9.37 Å². The van der Waals surface area contributed by atoms with Crippen molar-refractivity contribution in [1.82, 2.24) is 9.55 Å². The summed E-state index contributed by atoms with van der Waals surface area (Å²) in [4.78, 5) is 4.08. The first-order valence-electron chi connectivity index (χ1n) is 8.04. The molecule has 2 atom stereocenters. The molecule has 1 aromatic heterocycles. The maximum atomic E-state index is 13.0. The van der Waals surface area contributed by atoms with Gasteiger partial charge in [-0.05, 0) is 35.4 Å². The molecule has 0 aliphatic carbocycles. The van der Waals surface area contributed by atoms with E-state index in [4.69, 9.17) is 23.2 Å². The highest BCUT2D eigenvalue weighted by Crippen LogP contribution is 2.41. The van der Waals surface area contributed by atoms with Crippen molar-refractivity contribution < 1.29 is 4.39 Å². The summed E-state index contributed by atoms with van der Waals surface area (Å²) in [5, 5.41) is 0.725. The number of nitrogens with zero attached hydrogens (tertiary/aromatic N) is 2. The lowest BCUT2D eigenvalue weighted by Gasteiger charge is -2.23. The van der Waals surface area contributed by atoms with Gasteiger partial charge in [-0.2, -0.15) is 0 Å². The number of hydrogen-bond donors (Lipinski definition) is 0. The summed E-state index contributed by atoms with van der Waals surface area (Å²) in [5.41, 5.74) is 1.79. The van der Waals surface area contributed by atoms with E-state index in [2.05, 4.69) is 11.1 Å². The molecule has 0 bridgehead atoms. The Balaban J connectivity index is 1.71. The van der Waals surface area contributed by atoms with E-state index in [0.29, 0.717) is 5.02 Å². The van der Waals surface area contributed by atoms with Crippen LogP contribution < -0.4 is 0 Å². The lowest BCUT2D eigenvalue weighted by atomic mass is 10.1. The molecular weight excluding hydrogens is 390 g/mol. The molecule has 0 saturated carbocycles. The van der Waals surface area contributed by atoms with Crippen molar-refractivity contribution in [3.8, 4) is 0 Å². The van der Waals surface area contributed by atoms with Gasteiger partial charge in [0.2, 0.25) is 0 Å². The van der Waals surface area contributed by atoms with E-state index in [1.807, 2.05) is 41.1 Å². The molecule has 26 heavy (non-hydrogen) atoms. The molecule has 1 heterocycles. The smallest absolute Gasteiger partial charge is 0.125 e. The number of aromatic nitrogens is 2. The Morgan fingerprint density at radius 1 is 1.12 bits per heavy atom. The Morgan fingerprint density at radius 2 is 1.85 bits per heavy atom. The van der Waals surface area contributed by atoms with Gasteiger partial charge in [-0.3, -0.25) is 0 Å². The minimum Gasteiger partial charge on any atom is -0.319 e. The van der Waals surface area contributed by atoms with Crippen molar-refractivity contribution in [2.24, 2.45) is 0 Å². The predicted molar refractivity (Wildman–Crippen MR) is 109 cm³/mol. The van der Waals surface area contributed by atoms with Crippen LogP contribution in [0.1, 0.15) is 21.9 Å². The Bertz CT molecular complexity index is 833. The monoisotopic (exact) mass is 406 g/mol. The van der Waals surface area contributed by atoms with E-state index >= 15 is 0 Å². The molecule has 2 unspecified atom stereocenters. The second kappa shape index (κ2) is 9.26. The van der Waals surface area contributed by atoms with Gasteiger partial charge < -0.3 is 4.57 Å². The fourth-order valence-corrected chi connectivity index (χ4v) is 4.14. The van der Waals surface area contributed by atoms with Gasteiger partial charge in [0.05, 0.1) is 11.6 Å². The summed E-state index contributed by atoms with van der Waals surface area (Å²) in [7, 11) is 0. The predicted octanol–water partition coefficient (Wildman–Crippen LogP) is 6.60. The summed E-state index contributed by atoms with van der Waals surface area (Å²) in [5.74, 6) is 0.535. The molecular formula is C20H17Cl2FN2S. The van der Waals surface area contributed by atoms with E-state index in [0.717, 1.165) is 16.9 Å². The Morgan fingerprint density at radius 3 is 2.50 bits per heavy atom. The minimum atomic E-state index is -0.275. The number of benzene rings is 2. The van der Waals surface area contributed by atoms with Crippen LogP contribution in [0, 0.1) is 5.82 Å². The van der Waals surface area contributed by atoms with Crippen LogP contribution in [0.2, 0.25) is 5.02 Å². The molecule has 0 fully saturated rings. The van der Waals surface area contributed by atoms with Gasteiger partial charge in [-0.1, -0.05) is 59.6 Å². The summed E-state index contributed by atoms with van der Waals surface area (Å²) < 4.78 is 14.8. The Hall–Kier alpha value is -1.75. The topological polar surface area (TPSA) is 17.8 Å². The van der Waals surface area contributed by atoms with E-state index in [-0.39, 0.29) is 16.6 Å². The van der Waals surface area contributed by atoms with Gasteiger partial charge in [-0.15, -0.1) is 11.8 Å². The van der Waals surface area contributed by atoms with Crippen LogP contribution in [0.4, 0.5) is 4.39 Å². The quantitative estimate of drug-likeness (QED) is 0.411. The van der Waals surface area contributed by atoms with Crippen molar-refractivity contribution in [3.63, 3.8) is 0 Å². The molecule has 0 amide bonds. The molecule has 6 heteroatoms. The van der Waals surface area contributed by atoms with E-state index in [1.54, 1.807) is 36.4 Å². The van der Waals surface area contributed by atoms with E-state index < -0.39 is 0 Å². The average molecular weight is 407 g/mol. The zero-order chi connectivity index (χ0) is 18.4. The molecule has 3 aromatic rings. The van der Waals surface area contributed by atoms with E-state index in [1.165, 1.54) is 12.1 Å². The van der Waals surface area contributed by atoms with Crippen LogP contribution in [-0.2, 0) is 0 Å². The number of alkyl halides is 1. The van der Waals surface area contributed by atoms with Gasteiger partial charge in [0.15, 0.2) is 0 Å². The second-order valence-electron chi connectivity index (χ2n) is 5.64. The summed E-state index contributed by atoms with van der Waals surface area (Å²) in [6.45, 7) is 0. The Kier molecular flexibility index (Phi) is 6.78. The second-order valence-corrected chi connectivity index (χ2v) is 7.70.